The van der Waals surface area contributed by atoms with Crippen LogP contribution < -0.4 is 16.0 Å². The number of anilines is 2. The van der Waals surface area contributed by atoms with Gasteiger partial charge < -0.3 is 20.9 Å². The zero-order chi connectivity index (χ0) is 25.1. The molecule has 2 aromatic rings. The van der Waals surface area contributed by atoms with E-state index in [1.807, 2.05) is 29.2 Å². The predicted molar refractivity (Wildman–Crippen MR) is 141 cm³/mol. The number of nitrogens with zero attached hydrogens (tertiary/aromatic N) is 5. The van der Waals surface area contributed by atoms with Gasteiger partial charge in [0.05, 0.1) is 0 Å². The molecule has 0 radical (unpaired) electrons. The van der Waals surface area contributed by atoms with E-state index < -0.39 is 5.91 Å². The van der Waals surface area contributed by atoms with Crippen molar-refractivity contribution >= 4 is 51.0 Å². The summed E-state index contributed by atoms with van der Waals surface area (Å²) in [5.74, 6) is 0.273. The lowest BCUT2D eigenvalue weighted by Gasteiger charge is -2.47. The lowest BCUT2D eigenvalue weighted by Crippen LogP contribution is -2.58. The number of likely N-dealkylation sites (tertiary alicyclic amines) is 1. The Balaban J connectivity index is 1.39. The molecule has 3 N–H and O–H groups in total. The highest BCUT2D eigenvalue weighted by molar-refractivity contribution is 9.10. The van der Waals surface area contributed by atoms with Crippen molar-refractivity contribution < 1.29 is 9.59 Å². The summed E-state index contributed by atoms with van der Waals surface area (Å²) in [5.41, 5.74) is 6.77. The van der Waals surface area contributed by atoms with E-state index in [-0.39, 0.29) is 22.6 Å². The second-order valence-corrected chi connectivity index (χ2v) is 10.2. The van der Waals surface area contributed by atoms with E-state index in [0.717, 1.165) is 62.0 Å². The van der Waals surface area contributed by atoms with E-state index in [1.165, 1.54) is 7.05 Å². The molecule has 9 nitrogen and oxygen atoms in total. The first kappa shape index (κ1) is 25.7. The molecule has 1 aromatic heterocycles. The van der Waals surface area contributed by atoms with Crippen LogP contribution in [0.2, 0.25) is 5.15 Å². The fourth-order valence-corrected chi connectivity index (χ4v) is 5.50. The van der Waals surface area contributed by atoms with Crippen LogP contribution in [-0.2, 0) is 0 Å². The van der Waals surface area contributed by atoms with Crippen molar-refractivity contribution in [3.8, 4) is 0 Å². The first-order valence-corrected chi connectivity index (χ1v) is 13.1. The third-order valence-corrected chi connectivity index (χ3v) is 7.70. The van der Waals surface area contributed by atoms with Crippen molar-refractivity contribution in [3.63, 3.8) is 0 Å². The van der Waals surface area contributed by atoms with E-state index in [4.69, 9.17) is 17.3 Å². The summed E-state index contributed by atoms with van der Waals surface area (Å²) in [5, 5.41) is 2.68. The lowest BCUT2D eigenvalue weighted by atomic mass is 9.97. The van der Waals surface area contributed by atoms with Crippen molar-refractivity contribution in [2.24, 2.45) is 0 Å². The molecule has 3 heterocycles. The molecule has 0 bridgehead atoms. The van der Waals surface area contributed by atoms with Crippen LogP contribution in [-0.4, -0.2) is 83.4 Å². The van der Waals surface area contributed by atoms with Crippen molar-refractivity contribution in [2.75, 3.05) is 50.4 Å². The minimum atomic E-state index is -0.412. The van der Waals surface area contributed by atoms with Gasteiger partial charge in [-0.1, -0.05) is 34.5 Å². The highest BCUT2D eigenvalue weighted by Crippen LogP contribution is 2.30. The van der Waals surface area contributed by atoms with Crippen LogP contribution in [0.4, 0.5) is 11.6 Å². The standard InChI is InChI=1S/C24H31BrClN7O2/c1-3-17-14-32(22-20(26)29-19(21(27)30-22)23(34)28-2)12-13-33(17)18-8-10-31(11-9-18)24(35)15-4-6-16(25)7-5-15/h4-7,17-18H,3,8-14H2,1-2H3,(H2,27,30)(H,28,34)/t17-/m0/s1. The number of rotatable bonds is 5. The summed E-state index contributed by atoms with van der Waals surface area (Å²) in [7, 11) is 1.51. The Morgan fingerprint density at radius 2 is 1.83 bits per heavy atom. The van der Waals surface area contributed by atoms with Crippen LogP contribution in [0.25, 0.3) is 0 Å². The third-order valence-electron chi connectivity index (χ3n) is 6.92. The molecule has 2 amide bonds. The van der Waals surface area contributed by atoms with Gasteiger partial charge in [0.2, 0.25) is 0 Å². The molecular formula is C24H31BrClN7O2. The number of carbonyl (C=O) groups is 2. The second-order valence-electron chi connectivity index (χ2n) is 8.93. The topological polar surface area (TPSA) is 108 Å². The zero-order valence-corrected chi connectivity index (χ0v) is 22.3. The predicted octanol–water partition coefficient (Wildman–Crippen LogP) is 3.04. The smallest absolute Gasteiger partial charge is 0.273 e. The van der Waals surface area contributed by atoms with Gasteiger partial charge >= 0.3 is 0 Å². The number of nitrogen functional groups attached to an aromatic ring is 1. The third kappa shape index (κ3) is 5.54. The summed E-state index contributed by atoms with van der Waals surface area (Å²) in [4.78, 5) is 40.1. The second kappa shape index (κ2) is 11.1. The average Bonchev–Trinajstić information content (AvgIpc) is 2.89. The quantitative estimate of drug-likeness (QED) is 0.575. The zero-order valence-electron chi connectivity index (χ0n) is 20.0. The van der Waals surface area contributed by atoms with E-state index >= 15 is 0 Å². The van der Waals surface area contributed by atoms with Crippen molar-refractivity contribution in [2.45, 2.75) is 38.3 Å². The number of nitrogens with two attached hydrogens (primary N) is 1. The van der Waals surface area contributed by atoms with Gasteiger partial charge in [0.25, 0.3) is 11.8 Å². The van der Waals surface area contributed by atoms with E-state index in [0.29, 0.717) is 17.9 Å². The Bertz CT molecular complexity index is 1080. The molecule has 0 spiro atoms. The monoisotopic (exact) mass is 563 g/mol. The number of nitrogens with one attached hydrogen (secondary N) is 1. The molecule has 2 aliphatic heterocycles. The molecule has 2 fully saturated rings. The summed E-state index contributed by atoms with van der Waals surface area (Å²) in [6.07, 6.45) is 2.88. The van der Waals surface area contributed by atoms with Crippen LogP contribution in [0.1, 0.15) is 47.0 Å². The van der Waals surface area contributed by atoms with Crippen LogP contribution in [0.15, 0.2) is 28.7 Å². The molecule has 0 unspecified atom stereocenters. The first-order chi connectivity index (χ1) is 16.8. The maximum Gasteiger partial charge on any atom is 0.273 e. The van der Waals surface area contributed by atoms with Gasteiger partial charge in [-0.15, -0.1) is 0 Å². The Kier molecular flexibility index (Phi) is 8.13. The van der Waals surface area contributed by atoms with Crippen molar-refractivity contribution in [3.05, 3.63) is 45.1 Å². The molecule has 1 aromatic carbocycles. The maximum absolute atomic E-state index is 12.9. The highest BCUT2D eigenvalue weighted by atomic mass is 79.9. The average molecular weight is 565 g/mol. The summed E-state index contributed by atoms with van der Waals surface area (Å²) >= 11 is 9.83. The van der Waals surface area contributed by atoms with Gasteiger partial charge in [0, 0.05) is 61.9 Å². The van der Waals surface area contributed by atoms with Crippen molar-refractivity contribution in [1.29, 1.82) is 0 Å². The fourth-order valence-electron chi connectivity index (χ4n) is 4.99. The normalized spacial score (nSPS) is 19.6. The van der Waals surface area contributed by atoms with E-state index in [1.54, 1.807) is 0 Å². The number of amides is 2. The van der Waals surface area contributed by atoms with Gasteiger partial charge in [0.15, 0.2) is 22.5 Å². The maximum atomic E-state index is 12.9. The van der Waals surface area contributed by atoms with Gasteiger partial charge in [-0.2, -0.15) is 0 Å². The molecule has 0 aliphatic carbocycles. The lowest BCUT2D eigenvalue weighted by molar-refractivity contribution is 0.0490. The first-order valence-electron chi connectivity index (χ1n) is 11.9. The van der Waals surface area contributed by atoms with Gasteiger partial charge in [-0.25, -0.2) is 9.97 Å². The highest BCUT2D eigenvalue weighted by Gasteiger charge is 2.35. The van der Waals surface area contributed by atoms with Gasteiger partial charge in [-0.3, -0.25) is 14.5 Å². The molecule has 2 saturated heterocycles. The molecule has 0 saturated carbocycles. The number of piperazine rings is 1. The molecule has 11 heteroatoms. The molecule has 2 aliphatic rings. The van der Waals surface area contributed by atoms with E-state index in [2.05, 4.69) is 47.9 Å². The number of benzene rings is 1. The Morgan fingerprint density at radius 1 is 1.14 bits per heavy atom. The van der Waals surface area contributed by atoms with Crippen LogP contribution in [0.3, 0.4) is 0 Å². The molecule has 1 atom stereocenters. The minimum Gasteiger partial charge on any atom is -0.382 e. The molecule has 35 heavy (non-hydrogen) atoms. The molecule has 188 valence electrons. The van der Waals surface area contributed by atoms with Gasteiger partial charge in [-0.05, 0) is 43.5 Å². The van der Waals surface area contributed by atoms with Crippen LogP contribution in [0, 0.1) is 0 Å². The number of hydrogen-bond donors (Lipinski definition) is 2. The Morgan fingerprint density at radius 3 is 2.46 bits per heavy atom. The summed E-state index contributed by atoms with van der Waals surface area (Å²) < 4.78 is 0.967. The molecule has 4 rings (SSSR count). The molecular weight excluding hydrogens is 534 g/mol. The van der Waals surface area contributed by atoms with E-state index in [9.17, 15) is 9.59 Å². The number of hydrogen-bond acceptors (Lipinski definition) is 7. The Labute approximate surface area is 219 Å². The van der Waals surface area contributed by atoms with Crippen molar-refractivity contribution in [1.82, 2.24) is 25.1 Å². The number of carbonyl (C=O) groups excluding carboxylic acids is 2. The number of piperidine rings is 1. The van der Waals surface area contributed by atoms with Gasteiger partial charge in [0.1, 0.15) is 0 Å². The number of halogens is 2. The minimum absolute atomic E-state index is 0.0383. The van der Waals surface area contributed by atoms with Crippen LogP contribution >= 0.6 is 27.5 Å². The van der Waals surface area contributed by atoms with Crippen LogP contribution in [0.5, 0.6) is 0 Å². The summed E-state index contributed by atoms with van der Waals surface area (Å²) in [6.45, 7) is 6.04. The fraction of sp³-hybridized carbons (Fsp3) is 0.500. The Hall–Kier alpha value is -2.43. The largest absolute Gasteiger partial charge is 0.382 e. The SMILES string of the molecule is CC[C@H]1CN(c2nc(N)c(C(=O)NC)nc2Cl)CCN1C1CCN(C(=O)c2ccc(Br)cc2)CC1. The number of aromatic nitrogens is 2. The summed E-state index contributed by atoms with van der Waals surface area (Å²) in [6, 6.07) is 8.29.